The highest BCUT2D eigenvalue weighted by Crippen LogP contribution is 2.14. The maximum Gasteiger partial charge on any atom is 0.338 e. The molecule has 0 aliphatic rings. The zero-order chi connectivity index (χ0) is 20.6. The van der Waals surface area contributed by atoms with E-state index in [9.17, 15) is 14.4 Å². The molecule has 0 heterocycles. The summed E-state index contributed by atoms with van der Waals surface area (Å²) in [5, 5.41) is 3.27. The lowest BCUT2D eigenvalue weighted by atomic mass is 10.1. The van der Waals surface area contributed by atoms with E-state index in [1.165, 1.54) is 6.07 Å². The second kappa shape index (κ2) is 9.66. The number of anilines is 1. The van der Waals surface area contributed by atoms with Crippen molar-refractivity contribution in [2.24, 2.45) is 0 Å². The first-order valence-electron chi connectivity index (χ1n) is 8.91. The lowest BCUT2D eigenvalue weighted by Crippen LogP contribution is -2.16. The topological polar surface area (TPSA) is 72.5 Å². The van der Waals surface area contributed by atoms with E-state index >= 15 is 0 Å². The molecule has 1 amide bonds. The highest BCUT2D eigenvalue weighted by Gasteiger charge is 2.13. The van der Waals surface area contributed by atoms with Crippen LogP contribution in [0.2, 0.25) is 5.02 Å². The lowest BCUT2D eigenvalue weighted by molar-refractivity contribution is -0.115. The smallest absolute Gasteiger partial charge is 0.338 e. The van der Waals surface area contributed by atoms with E-state index < -0.39 is 5.97 Å². The summed E-state index contributed by atoms with van der Waals surface area (Å²) in [6.45, 7) is -0.384. The number of esters is 1. The van der Waals surface area contributed by atoms with Crippen LogP contribution in [0, 0.1) is 0 Å². The Kier molecular flexibility index (Phi) is 6.76. The first-order valence-corrected chi connectivity index (χ1v) is 9.29. The second-order valence-corrected chi connectivity index (χ2v) is 6.73. The summed E-state index contributed by atoms with van der Waals surface area (Å²) < 4.78 is 5.10. The second-order valence-electron chi connectivity index (χ2n) is 6.30. The predicted octanol–water partition coefficient (Wildman–Crippen LogP) is 4.56. The Bertz CT molecular complexity index is 1020. The maximum atomic E-state index is 12.3. The van der Waals surface area contributed by atoms with Crippen LogP contribution in [0.5, 0.6) is 0 Å². The van der Waals surface area contributed by atoms with Gasteiger partial charge in [-0.05, 0) is 48.0 Å². The fourth-order valence-electron chi connectivity index (χ4n) is 2.64. The van der Waals surface area contributed by atoms with E-state index in [1.807, 2.05) is 30.3 Å². The molecule has 29 heavy (non-hydrogen) atoms. The fourth-order valence-corrected chi connectivity index (χ4v) is 2.77. The Labute approximate surface area is 173 Å². The average Bonchev–Trinajstić information content (AvgIpc) is 2.73. The first-order chi connectivity index (χ1) is 14.0. The van der Waals surface area contributed by atoms with Crippen LogP contribution in [0.3, 0.4) is 0 Å². The van der Waals surface area contributed by atoms with Crippen LogP contribution in [0.25, 0.3) is 0 Å². The van der Waals surface area contributed by atoms with Crippen molar-refractivity contribution in [3.63, 3.8) is 0 Å². The van der Waals surface area contributed by atoms with Crippen LogP contribution in [-0.2, 0) is 16.0 Å². The van der Waals surface area contributed by atoms with Crippen molar-refractivity contribution >= 4 is 34.9 Å². The molecule has 0 unspecified atom stereocenters. The van der Waals surface area contributed by atoms with Gasteiger partial charge >= 0.3 is 5.97 Å². The van der Waals surface area contributed by atoms with Gasteiger partial charge in [-0.15, -0.1) is 0 Å². The Morgan fingerprint density at radius 1 is 0.828 bits per heavy atom. The average molecular weight is 408 g/mol. The van der Waals surface area contributed by atoms with Crippen molar-refractivity contribution in [2.75, 3.05) is 11.9 Å². The number of halogens is 1. The number of nitrogens with one attached hydrogen (secondary N) is 1. The molecular formula is C23H18ClNO4. The van der Waals surface area contributed by atoms with Gasteiger partial charge in [0, 0.05) is 16.3 Å². The quantitative estimate of drug-likeness (QED) is 0.460. The Balaban J connectivity index is 1.56. The molecule has 3 rings (SSSR count). The minimum absolute atomic E-state index is 0.195. The largest absolute Gasteiger partial charge is 0.454 e. The number of rotatable bonds is 7. The zero-order valence-electron chi connectivity index (χ0n) is 15.4. The highest BCUT2D eigenvalue weighted by molar-refractivity contribution is 6.30. The number of hydrogen-bond acceptors (Lipinski definition) is 4. The Morgan fingerprint density at radius 3 is 2.28 bits per heavy atom. The van der Waals surface area contributed by atoms with E-state index in [1.54, 1.807) is 42.5 Å². The van der Waals surface area contributed by atoms with Crippen LogP contribution >= 0.6 is 11.6 Å². The minimum Gasteiger partial charge on any atom is -0.454 e. The molecule has 0 atom stereocenters. The molecule has 5 nitrogen and oxygen atoms in total. The molecule has 0 radical (unpaired) electrons. The molecule has 3 aromatic carbocycles. The molecule has 1 N–H and O–H groups in total. The molecule has 3 aromatic rings. The molecule has 0 saturated heterocycles. The van der Waals surface area contributed by atoms with E-state index in [2.05, 4.69) is 5.32 Å². The molecule has 0 bridgehead atoms. The summed E-state index contributed by atoms with van der Waals surface area (Å²) in [6.07, 6.45) is 0.227. The third-order valence-corrected chi connectivity index (χ3v) is 4.34. The van der Waals surface area contributed by atoms with Crippen LogP contribution in [0.4, 0.5) is 5.69 Å². The molecule has 6 heteroatoms. The molecule has 0 saturated carbocycles. The third-order valence-electron chi connectivity index (χ3n) is 4.09. The van der Waals surface area contributed by atoms with Gasteiger partial charge in [0.2, 0.25) is 5.91 Å². The van der Waals surface area contributed by atoms with E-state index in [0.717, 1.165) is 5.56 Å². The van der Waals surface area contributed by atoms with Crippen molar-refractivity contribution < 1.29 is 19.1 Å². The van der Waals surface area contributed by atoms with Crippen molar-refractivity contribution in [1.82, 2.24) is 0 Å². The highest BCUT2D eigenvalue weighted by atomic mass is 35.5. The number of ketones is 1. The van der Waals surface area contributed by atoms with Crippen molar-refractivity contribution in [1.29, 1.82) is 0 Å². The van der Waals surface area contributed by atoms with Gasteiger partial charge in [-0.25, -0.2) is 4.79 Å². The number of amides is 1. The third kappa shape index (κ3) is 6.02. The molecular weight excluding hydrogens is 390 g/mol. The summed E-state index contributed by atoms with van der Waals surface area (Å²) >= 11 is 5.79. The number of Topliss-reactive ketones (excluding diaryl/α,β-unsaturated/α-hetero) is 1. The molecule has 0 fully saturated rings. The monoisotopic (exact) mass is 407 g/mol. The SMILES string of the molecule is O=C(Cc1ccccc1)Nc1cccc(C(=O)OCC(=O)c2ccc(Cl)cc2)c1. The van der Waals surface area contributed by atoms with Gasteiger partial charge in [0.05, 0.1) is 12.0 Å². The fraction of sp³-hybridized carbons (Fsp3) is 0.0870. The van der Waals surface area contributed by atoms with Gasteiger partial charge in [0.1, 0.15) is 0 Å². The number of ether oxygens (including phenoxy) is 1. The lowest BCUT2D eigenvalue weighted by Gasteiger charge is -2.08. The van der Waals surface area contributed by atoms with Gasteiger partial charge < -0.3 is 10.1 Å². The number of carbonyl (C=O) groups is 3. The maximum absolute atomic E-state index is 12.3. The Hall–Kier alpha value is -3.44. The van der Waals surface area contributed by atoms with Crippen molar-refractivity contribution in [3.05, 3.63) is 101 Å². The van der Waals surface area contributed by atoms with Gasteiger partial charge in [0.15, 0.2) is 12.4 Å². The molecule has 146 valence electrons. The Morgan fingerprint density at radius 2 is 1.55 bits per heavy atom. The van der Waals surface area contributed by atoms with Crippen LogP contribution < -0.4 is 5.32 Å². The van der Waals surface area contributed by atoms with Gasteiger partial charge in [-0.1, -0.05) is 48.0 Å². The zero-order valence-corrected chi connectivity index (χ0v) is 16.2. The van der Waals surface area contributed by atoms with E-state index in [0.29, 0.717) is 16.3 Å². The van der Waals surface area contributed by atoms with Crippen molar-refractivity contribution in [2.45, 2.75) is 6.42 Å². The predicted molar refractivity (Wildman–Crippen MR) is 111 cm³/mol. The van der Waals surface area contributed by atoms with Crippen LogP contribution in [0.15, 0.2) is 78.9 Å². The number of benzene rings is 3. The molecule has 0 aliphatic heterocycles. The summed E-state index contributed by atoms with van der Waals surface area (Å²) in [4.78, 5) is 36.5. The van der Waals surface area contributed by atoms with Gasteiger partial charge in [0.25, 0.3) is 0 Å². The summed E-state index contributed by atoms with van der Waals surface area (Å²) in [7, 11) is 0. The summed E-state index contributed by atoms with van der Waals surface area (Å²) in [5.41, 5.74) is 2.02. The van der Waals surface area contributed by atoms with Gasteiger partial charge in [-0.3, -0.25) is 9.59 Å². The molecule has 0 spiro atoms. The standard InChI is InChI=1S/C23H18ClNO4/c24-19-11-9-17(10-12-19)21(26)15-29-23(28)18-7-4-8-20(14-18)25-22(27)13-16-5-2-1-3-6-16/h1-12,14H,13,15H2,(H,25,27). The normalized spacial score (nSPS) is 10.2. The van der Waals surface area contributed by atoms with E-state index in [-0.39, 0.29) is 30.3 Å². The van der Waals surface area contributed by atoms with E-state index in [4.69, 9.17) is 16.3 Å². The number of hydrogen-bond donors (Lipinski definition) is 1. The van der Waals surface area contributed by atoms with Crippen LogP contribution in [0.1, 0.15) is 26.3 Å². The summed E-state index contributed by atoms with van der Waals surface area (Å²) in [6, 6.07) is 22.1. The first kappa shape index (κ1) is 20.3. The number of carbonyl (C=O) groups excluding carboxylic acids is 3. The minimum atomic E-state index is -0.647. The van der Waals surface area contributed by atoms with Crippen LogP contribution in [-0.4, -0.2) is 24.3 Å². The molecule has 0 aromatic heterocycles. The molecule has 0 aliphatic carbocycles. The van der Waals surface area contributed by atoms with Crippen molar-refractivity contribution in [3.8, 4) is 0 Å². The van der Waals surface area contributed by atoms with Gasteiger partial charge in [-0.2, -0.15) is 0 Å². The summed E-state index contributed by atoms with van der Waals surface area (Å²) in [5.74, 6) is -1.17.